The summed E-state index contributed by atoms with van der Waals surface area (Å²) in [5.74, 6) is 2.83. The molecule has 0 atom stereocenters. The van der Waals surface area contributed by atoms with Crippen LogP contribution >= 0.6 is 0 Å². The minimum Gasteiger partial charge on any atom is -0.679 e. The minimum absolute atomic E-state index is 0. The number of nitrogens with zero attached hydrogens (tertiary/aromatic N) is 8. The van der Waals surface area contributed by atoms with Crippen LogP contribution in [0, 0.1) is 18.8 Å². The molecule has 4 rings (SSSR count). The third kappa shape index (κ3) is 92.5. The van der Waals surface area contributed by atoms with Gasteiger partial charge < -0.3 is 24.5 Å². The Hall–Kier alpha value is -0.278. The molecule has 41 heavy (non-hydrogen) atoms. The van der Waals surface area contributed by atoms with Crippen molar-refractivity contribution in [3.8, 4) is 0 Å². The average molecular weight is 1470 g/mol. The molecule has 4 heterocycles. The van der Waals surface area contributed by atoms with Gasteiger partial charge in [-0.05, 0) is 0 Å². The molecule has 0 aromatic carbocycles. The maximum absolute atomic E-state index is 6.39. The summed E-state index contributed by atoms with van der Waals surface area (Å²) in [6.45, 7) is 16.4. The van der Waals surface area contributed by atoms with Gasteiger partial charge in [0.1, 0.15) is 0 Å². The molecule has 9 nitrogen and oxygen atoms in total. The summed E-state index contributed by atoms with van der Waals surface area (Å²) in [5.41, 5.74) is 6.39. The molecule has 4 aromatic rings. The molecule has 0 aliphatic rings. The van der Waals surface area contributed by atoms with Crippen LogP contribution in [0.2, 0.25) is 0 Å². The van der Waals surface area contributed by atoms with Crippen molar-refractivity contribution in [2.24, 2.45) is 0 Å². The van der Waals surface area contributed by atoms with Crippen LogP contribution in [0.5, 0.6) is 0 Å². The molecule has 0 aliphatic heterocycles. The molecule has 0 radical (unpaired) electrons. The monoisotopic (exact) mass is 1470 g/mol. The number of aromatic nitrogens is 8. The van der Waals surface area contributed by atoms with E-state index < -0.39 is 0 Å². The van der Waals surface area contributed by atoms with E-state index in [1.165, 1.54) is 11.8 Å². The Morgan fingerprint density at radius 3 is 0.512 bits per heavy atom. The molecule has 1 N–H and O–H groups in total. The van der Waals surface area contributed by atoms with E-state index in [-0.39, 0.29) is 105 Å². The van der Waals surface area contributed by atoms with Crippen molar-refractivity contribution >= 4 is 0 Å². The van der Waals surface area contributed by atoms with Gasteiger partial charge in [0.25, 0.3) is 0 Å². The molecule has 0 fully saturated rings. The van der Waals surface area contributed by atoms with E-state index in [0.717, 1.165) is 6.42 Å². The SMILES string of the molecule is C[C-](C)C.C[C-](C)C.[CH2-]CC[NH-].[Pt+4].[Pt].[Pt].[Pt].[Pt].c1cnccn1.c1cnccn1.c1cnccn1.c1cnccn1. The van der Waals surface area contributed by atoms with Gasteiger partial charge in [0.05, 0.1) is 0 Å². The van der Waals surface area contributed by atoms with Gasteiger partial charge in [-0.15, -0.1) is 0 Å². The first kappa shape index (κ1) is 60.0. The van der Waals surface area contributed by atoms with Crippen molar-refractivity contribution in [2.75, 3.05) is 6.54 Å². The van der Waals surface area contributed by atoms with Gasteiger partial charge in [0, 0.05) is 183 Å². The van der Waals surface area contributed by atoms with Gasteiger partial charge >= 0.3 is 21.1 Å². The van der Waals surface area contributed by atoms with E-state index in [9.17, 15) is 0 Å². The second kappa shape index (κ2) is 59.2. The molecule has 0 saturated heterocycles. The molecule has 244 valence electrons. The average Bonchev–Trinajstić information content (AvgIpc) is 2.93. The summed E-state index contributed by atoms with van der Waals surface area (Å²) in [5, 5.41) is 0. The van der Waals surface area contributed by atoms with Crippen LogP contribution in [-0.2, 0) is 105 Å². The number of hydrogen-bond donors (Lipinski definition) is 0. The second-order valence-corrected chi connectivity index (χ2v) is 7.18. The predicted octanol–water partition coefficient (Wildman–Crippen LogP) is 6.40. The summed E-state index contributed by atoms with van der Waals surface area (Å²) in [6, 6.07) is 0. The second-order valence-electron chi connectivity index (χ2n) is 7.18. The van der Waals surface area contributed by atoms with E-state index in [4.69, 9.17) is 5.73 Å². The molecular weight excluding hydrogens is 1430 g/mol. The van der Waals surface area contributed by atoms with Crippen molar-refractivity contribution in [1.29, 1.82) is 0 Å². The summed E-state index contributed by atoms with van der Waals surface area (Å²) in [4.78, 5) is 29.8. The fraction of sp³-hybridized carbons (Fsp3) is 0.296. The quantitative estimate of drug-likeness (QED) is 0.201. The van der Waals surface area contributed by atoms with Crippen molar-refractivity contribution in [3.05, 3.63) is 124 Å². The molecule has 0 aliphatic carbocycles. The molecule has 0 saturated carbocycles. The molecule has 0 spiro atoms. The smallest absolute Gasteiger partial charge is 0.679 e. The zero-order valence-electron chi connectivity index (χ0n) is 24.0. The molecule has 0 unspecified atom stereocenters. The Morgan fingerprint density at radius 1 is 0.415 bits per heavy atom. The Balaban J connectivity index is -0.0000000511. The summed E-state index contributed by atoms with van der Waals surface area (Å²) >= 11 is 0. The van der Waals surface area contributed by atoms with Crippen molar-refractivity contribution in [1.82, 2.24) is 39.9 Å². The third-order valence-corrected chi connectivity index (χ3v) is 2.09. The fourth-order valence-electron chi connectivity index (χ4n) is 1.01. The molecular formula is C27H41N9Pt5. The van der Waals surface area contributed by atoms with Gasteiger partial charge in [-0.1, -0.05) is 0 Å². The predicted molar refractivity (Wildman–Crippen MR) is 148 cm³/mol. The van der Waals surface area contributed by atoms with Gasteiger partial charge in [-0.25, -0.2) is 6.42 Å². The van der Waals surface area contributed by atoms with Gasteiger partial charge in [-0.2, -0.15) is 48.1 Å². The number of hydrogen-bond acceptors (Lipinski definition) is 8. The van der Waals surface area contributed by atoms with E-state index in [1.54, 1.807) is 99.1 Å². The topological polar surface area (TPSA) is 127 Å². The first-order valence-electron chi connectivity index (χ1n) is 11.2. The summed E-state index contributed by atoms with van der Waals surface area (Å²) in [6.07, 6.45) is 27.0. The molecule has 4 aromatic heterocycles. The first-order chi connectivity index (χ1) is 17.4. The third-order valence-electron chi connectivity index (χ3n) is 2.09. The van der Waals surface area contributed by atoms with E-state index in [2.05, 4.69) is 88.3 Å². The Morgan fingerprint density at radius 2 is 0.488 bits per heavy atom. The van der Waals surface area contributed by atoms with Crippen LogP contribution in [0.4, 0.5) is 0 Å². The van der Waals surface area contributed by atoms with Crippen LogP contribution in [0.15, 0.2) is 99.1 Å². The normalized spacial score (nSPS) is 7.17. The maximum atomic E-state index is 6.39. The molecule has 0 amide bonds. The first-order valence-corrected chi connectivity index (χ1v) is 11.2. The standard InChI is InChI=1S/4C4H4N2.2C4H9.C3H7N.5Pt/c4*1-2-6-4-3-5-1;2*1-4(2)3;1-2-3-4;;;;;/h4*1-4H;2*1-3H3;4H,1-3H2;;;;;/q;;;;2*-1;-2;;;;;+4. The van der Waals surface area contributed by atoms with Crippen molar-refractivity contribution < 1.29 is 105 Å². The van der Waals surface area contributed by atoms with Crippen LogP contribution in [0.25, 0.3) is 5.73 Å². The zero-order valence-corrected chi connectivity index (χ0v) is 35.4. The Kier molecular flexibility index (Phi) is 86.6. The Bertz CT molecular complexity index is 568. The van der Waals surface area contributed by atoms with Crippen LogP contribution < -0.4 is 0 Å². The van der Waals surface area contributed by atoms with Gasteiger partial charge in [0.2, 0.25) is 0 Å². The van der Waals surface area contributed by atoms with E-state index in [1.807, 2.05) is 0 Å². The van der Waals surface area contributed by atoms with Gasteiger partial charge in [0.15, 0.2) is 0 Å². The van der Waals surface area contributed by atoms with Crippen molar-refractivity contribution in [2.45, 2.75) is 48.0 Å². The molecule has 0 bridgehead atoms. The summed E-state index contributed by atoms with van der Waals surface area (Å²) < 4.78 is 0. The van der Waals surface area contributed by atoms with Gasteiger partial charge in [-0.3, -0.25) is 39.9 Å². The maximum Gasteiger partial charge on any atom is 4.00 e. The van der Waals surface area contributed by atoms with Crippen LogP contribution in [0.3, 0.4) is 0 Å². The van der Waals surface area contributed by atoms with Crippen LogP contribution in [0.1, 0.15) is 48.0 Å². The van der Waals surface area contributed by atoms with E-state index >= 15 is 0 Å². The van der Waals surface area contributed by atoms with Crippen molar-refractivity contribution in [3.63, 3.8) is 0 Å². The van der Waals surface area contributed by atoms with E-state index in [0.29, 0.717) is 6.54 Å². The fourth-order valence-corrected chi connectivity index (χ4v) is 1.01. The summed E-state index contributed by atoms with van der Waals surface area (Å²) in [7, 11) is 0. The zero-order chi connectivity index (χ0) is 27.5. The Labute approximate surface area is 320 Å². The van der Waals surface area contributed by atoms with Crippen LogP contribution in [-0.4, -0.2) is 46.4 Å². The minimum atomic E-state index is 0. The number of nitrogens with one attached hydrogen (secondary N) is 1. The molecule has 14 heteroatoms. The number of rotatable bonds is 1. The largest absolute Gasteiger partial charge is 4.00 e.